The number of aromatic amines is 5. The number of para-hydroxylation sites is 3. The van der Waals surface area contributed by atoms with Crippen LogP contribution in [0, 0.1) is 39.3 Å². The van der Waals surface area contributed by atoms with Crippen LogP contribution in [0.25, 0.3) is 101 Å². The van der Waals surface area contributed by atoms with Gasteiger partial charge in [0, 0.05) is 99.4 Å². The molecule has 9 aromatic carbocycles. The number of halogens is 8. The summed E-state index contributed by atoms with van der Waals surface area (Å²) in [5.74, 6) is 8.49. The van der Waals surface area contributed by atoms with Crippen molar-refractivity contribution in [3.8, 4) is 79.8 Å². The topological polar surface area (TPSA) is 431 Å². The third-order valence-corrected chi connectivity index (χ3v) is 22.3. The van der Waals surface area contributed by atoms with Crippen molar-refractivity contribution in [1.29, 1.82) is 0 Å². The van der Waals surface area contributed by atoms with Gasteiger partial charge in [-0.05, 0) is 156 Å². The molecule has 42 heteroatoms. The molecule has 2 aliphatic rings. The molecular weight excluding hydrogens is 1820 g/mol. The summed E-state index contributed by atoms with van der Waals surface area (Å²) in [6.45, 7) is 9.52. The lowest BCUT2D eigenvalue weighted by molar-refractivity contribution is -0.137. The largest absolute Gasteiger partial charge is 0.497 e. The van der Waals surface area contributed by atoms with Crippen LogP contribution >= 0.6 is 0 Å². The van der Waals surface area contributed by atoms with E-state index in [-0.39, 0.29) is 40.1 Å². The number of nitrogens with zero attached hydrogens (tertiary/aromatic N) is 22. The van der Waals surface area contributed by atoms with Gasteiger partial charge in [-0.15, -0.1) is 20.4 Å². The van der Waals surface area contributed by atoms with Gasteiger partial charge in [-0.1, -0.05) is 127 Å². The van der Waals surface area contributed by atoms with Gasteiger partial charge in [-0.3, -0.25) is 30.3 Å². The molecule has 11 aromatic heterocycles. The van der Waals surface area contributed by atoms with Crippen LogP contribution in [0.15, 0.2) is 243 Å². The second kappa shape index (κ2) is 41.7. The molecule has 708 valence electrons. The minimum Gasteiger partial charge on any atom is -0.497 e. The Morgan fingerprint density at radius 3 is 1.40 bits per heavy atom. The SMILES string of the molecule is COc1ccc(-c2nc(Nc3n[nH]c(C)n3)c3ccccc3n2)c(OC)c1.Cc1nc(Nc2nc(-c3ccc(F)cc3F)nc3ccccc23)n[nH]1.Cc1nc(Nc2nc(-c3ccccc3C)nc3ccccc23)n[nH]1.FC(F)(F)c1ccccc1-c1nc2c(c(Nc3n[nH]c(-c4cccnc4)n3)n1)CCCC2.FC(F)(F)c1ccccc1-c1nc2c(c(Nc3ncn[nH]3)n1)CCN(Cc1ccccc1)C2. The van der Waals surface area contributed by atoms with Crippen LogP contribution in [-0.4, -0.2) is 156 Å². The molecule has 1 aliphatic heterocycles. The predicted molar refractivity (Wildman–Crippen MR) is 514 cm³/mol. The van der Waals surface area contributed by atoms with Gasteiger partial charge < -0.3 is 36.1 Å². The van der Waals surface area contributed by atoms with E-state index in [1.54, 1.807) is 63.9 Å². The van der Waals surface area contributed by atoms with Gasteiger partial charge in [0.15, 0.2) is 34.9 Å². The lowest BCUT2D eigenvalue weighted by Gasteiger charge is -2.29. The monoisotopic (exact) mass is 1900 g/mol. The maximum Gasteiger partial charge on any atom is 0.417 e. The number of H-pyrrole nitrogens is 5. The number of hydrogen-bond donors (Lipinski definition) is 10. The third kappa shape index (κ3) is 22.3. The fraction of sp³-hybridized carbons (Fsp3) is 0.162. The van der Waals surface area contributed by atoms with Crippen LogP contribution in [0.5, 0.6) is 11.5 Å². The zero-order chi connectivity index (χ0) is 97.7. The quantitative estimate of drug-likeness (QED) is 0.0317. The Bertz CT molecular complexity index is 7820. The van der Waals surface area contributed by atoms with E-state index in [9.17, 15) is 35.1 Å². The van der Waals surface area contributed by atoms with Gasteiger partial charge in [0.1, 0.15) is 76.0 Å². The predicted octanol–water partition coefficient (Wildman–Crippen LogP) is 20.6. The minimum absolute atomic E-state index is 0.0188. The van der Waals surface area contributed by atoms with E-state index in [0.717, 1.165) is 128 Å². The fourth-order valence-electron chi connectivity index (χ4n) is 15.7. The number of aromatic nitrogens is 26. The molecule has 141 heavy (non-hydrogen) atoms. The van der Waals surface area contributed by atoms with Crippen molar-refractivity contribution in [3.63, 3.8) is 0 Å². The van der Waals surface area contributed by atoms with Crippen LogP contribution in [-0.2, 0) is 44.7 Å². The van der Waals surface area contributed by atoms with Gasteiger partial charge in [0.25, 0.3) is 0 Å². The Morgan fingerprint density at radius 1 is 0.397 bits per heavy atom. The fourth-order valence-corrected chi connectivity index (χ4v) is 15.7. The summed E-state index contributed by atoms with van der Waals surface area (Å²) >= 11 is 0. The molecule has 0 spiro atoms. The molecule has 22 rings (SSSR count). The number of anilines is 10. The Labute approximate surface area is 797 Å². The van der Waals surface area contributed by atoms with E-state index in [1.165, 1.54) is 42.7 Å². The molecule has 1 aliphatic carbocycles. The van der Waals surface area contributed by atoms with Crippen molar-refractivity contribution in [2.75, 3.05) is 47.3 Å². The molecule has 12 heterocycles. The molecule has 20 aromatic rings. The molecule has 0 saturated heterocycles. The number of benzene rings is 9. The van der Waals surface area contributed by atoms with Crippen molar-refractivity contribution in [2.24, 2.45) is 0 Å². The average Bonchev–Trinajstić information content (AvgIpc) is 1.43. The average molecular weight is 1910 g/mol. The number of nitrogens with one attached hydrogen (secondary N) is 10. The first-order chi connectivity index (χ1) is 68.4. The van der Waals surface area contributed by atoms with Crippen LogP contribution in [0.3, 0.4) is 0 Å². The Hall–Kier alpha value is -18.0. The standard InChI is InChI=1S/C23H20F3N7.C22H18F3N7.C19H18N6O2.C18H16N6.C17H12F2N6/c24-23(25,26)18-9-5-4-8-16(18)20-29-19-13-33(12-15-6-2-1-3-7-15)11-10-17(19)21(30-20)31-22-27-14-28-32-22;23-22(24,25)16-9-3-1-7-14(16)19-27-17-10-4-2-8-15(17)20(28-19)30-21-29-18(31-32-21)13-6-5-11-26-12-13;1-11-20-19(25-24-11)23-17-13-6-4-5-7-15(13)21-18(22-17)14-9-8-12(26-2)10-16(14)27-3;1-11-7-3-4-8-13(11)16-20-15-10-6-5-9-14(15)17(21-16)22-18-19-12(2)23-24-18;1-9-20-17(25-24-9)23-16-12-4-2-3-5-14(12)21-15(22-16)11-7-6-10(18)8-13(11)19/h1-9,14H,10-13H2,(H2,27,28,29,30,31,32);1,3,5-7,9,11-12H,2,4,8,10H2,(H2,27,28,29,30,31,32);4-10H,1-3H3,(H2,20,21,22,23,24,25);3-10H,1-2H3,(H2,19,20,21,22,23,24);2-8H,1H3,(H2,20,21,22,23,24,25). The van der Waals surface area contributed by atoms with E-state index in [0.29, 0.717) is 124 Å². The number of alkyl halides is 6. The van der Waals surface area contributed by atoms with Crippen LogP contribution in [0.2, 0.25) is 0 Å². The van der Waals surface area contributed by atoms with Gasteiger partial charge in [0.2, 0.25) is 29.7 Å². The summed E-state index contributed by atoms with van der Waals surface area (Å²) in [6, 6.07) is 64.2. The maximum absolute atomic E-state index is 14.1. The Balaban J connectivity index is 0.000000117. The summed E-state index contributed by atoms with van der Waals surface area (Å²) in [5, 5.41) is 52.2. The lowest BCUT2D eigenvalue weighted by Crippen LogP contribution is -2.31. The van der Waals surface area contributed by atoms with E-state index in [4.69, 9.17) is 29.4 Å². The number of ether oxygens (including phenoxy) is 2. The summed E-state index contributed by atoms with van der Waals surface area (Å²) in [6.07, 6.45) is -0.415. The van der Waals surface area contributed by atoms with Crippen molar-refractivity contribution < 1.29 is 44.6 Å². The number of pyridine rings is 1. The van der Waals surface area contributed by atoms with E-state index in [1.807, 2.05) is 135 Å². The van der Waals surface area contributed by atoms with Gasteiger partial charge in [0.05, 0.1) is 58.7 Å². The molecule has 34 nitrogen and oxygen atoms in total. The van der Waals surface area contributed by atoms with E-state index >= 15 is 0 Å². The van der Waals surface area contributed by atoms with E-state index in [2.05, 4.69) is 167 Å². The molecular formula is C99H84F8N32O2. The number of fused-ring (bicyclic) bond motifs is 5. The molecule has 10 N–H and O–H groups in total. The summed E-state index contributed by atoms with van der Waals surface area (Å²) in [4.78, 5) is 73.2. The van der Waals surface area contributed by atoms with Crippen molar-refractivity contribution >= 4 is 91.5 Å². The highest BCUT2D eigenvalue weighted by Gasteiger charge is 2.37. The van der Waals surface area contributed by atoms with E-state index < -0.39 is 35.1 Å². The smallest absolute Gasteiger partial charge is 0.417 e. The van der Waals surface area contributed by atoms with Crippen molar-refractivity contribution in [3.05, 3.63) is 317 Å². The molecule has 0 unspecified atom stereocenters. The first-order valence-corrected chi connectivity index (χ1v) is 44.1. The number of methoxy groups -OCH3 is 2. The zero-order valence-electron chi connectivity index (χ0n) is 75.9. The first kappa shape index (κ1) is 93.4. The molecule has 0 saturated carbocycles. The number of rotatable bonds is 20. The molecule has 0 radical (unpaired) electrons. The second-order valence-corrected chi connectivity index (χ2v) is 32.1. The summed E-state index contributed by atoms with van der Waals surface area (Å²) < 4.78 is 120. The number of aryl methyl sites for hydroxylation is 5. The number of hydrogen-bond acceptors (Lipinski definition) is 29. The highest BCUT2D eigenvalue weighted by molar-refractivity contribution is 5.94. The summed E-state index contributed by atoms with van der Waals surface area (Å²) in [7, 11) is 3.22. The highest BCUT2D eigenvalue weighted by Crippen LogP contribution is 2.42. The minimum atomic E-state index is -4.52. The second-order valence-electron chi connectivity index (χ2n) is 32.1. The van der Waals surface area contributed by atoms with Gasteiger partial charge >= 0.3 is 12.4 Å². The molecule has 0 amide bonds. The Kier molecular flexibility index (Phi) is 27.6. The Morgan fingerprint density at radius 2 is 0.872 bits per heavy atom. The maximum atomic E-state index is 14.1. The van der Waals surface area contributed by atoms with Crippen molar-refractivity contribution in [1.82, 2.24) is 136 Å². The zero-order valence-corrected chi connectivity index (χ0v) is 75.9. The third-order valence-electron chi connectivity index (χ3n) is 22.3. The van der Waals surface area contributed by atoms with Crippen LogP contribution < -0.4 is 36.1 Å². The molecule has 0 atom stereocenters. The van der Waals surface area contributed by atoms with Crippen molar-refractivity contribution in [2.45, 2.75) is 85.2 Å². The normalized spacial score (nSPS) is 12.3. The van der Waals surface area contributed by atoms with Crippen LogP contribution in [0.1, 0.15) is 75.1 Å². The van der Waals surface area contributed by atoms with Crippen LogP contribution in [0.4, 0.5) is 94.0 Å². The molecule has 0 bridgehead atoms. The first-order valence-electron chi connectivity index (χ1n) is 44.1. The van der Waals surface area contributed by atoms with Gasteiger partial charge in [-0.2, -0.15) is 56.4 Å². The summed E-state index contributed by atoms with van der Waals surface area (Å²) in [5.41, 5.74) is 8.79. The lowest BCUT2D eigenvalue weighted by atomic mass is 9.96. The highest BCUT2D eigenvalue weighted by atomic mass is 19.4. The van der Waals surface area contributed by atoms with Gasteiger partial charge in [-0.25, -0.2) is 63.7 Å². The molecule has 0 fully saturated rings.